The van der Waals surface area contributed by atoms with E-state index >= 15 is 0 Å². The fourth-order valence-corrected chi connectivity index (χ4v) is 4.30. The van der Waals surface area contributed by atoms with E-state index in [9.17, 15) is 8.42 Å². The zero-order valence-electron chi connectivity index (χ0n) is 11.7. The minimum atomic E-state index is -3.69. The van der Waals surface area contributed by atoms with Crippen molar-refractivity contribution in [3.8, 4) is 5.75 Å². The topological polar surface area (TPSA) is 59.5 Å². The Morgan fingerprint density at radius 3 is 2.77 bits per heavy atom. The highest BCUT2D eigenvalue weighted by atomic mass is 35.5. The van der Waals surface area contributed by atoms with Gasteiger partial charge in [-0.15, -0.1) is 11.6 Å². The smallest absolute Gasteiger partial charge is 0.278 e. The van der Waals surface area contributed by atoms with Crippen LogP contribution < -0.4 is 9.04 Å². The first-order valence-corrected chi connectivity index (χ1v) is 8.94. The van der Waals surface area contributed by atoms with Gasteiger partial charge in [0.25, 0.3) is 10.0 Å². The Hall–Kier alpha value is -1.79. The molecule has 2 aromatic rings. The number of hydrogen-bond donors (Lipinski definition) is 0. The van der Waals surface area contributed by atoms with Gasteiger partial charge in [-0.2, -0.15) is 0 Å². The Kier molecular flexibility index (Phi) is 4.22. The van der Waals surface area contributed by atoms with Crippen molar-refractivity contribution in [2.24, 2.45) is 0 Å². The summed E-state index contributed by atoms with van der Waals surface area (Å²) in [5.41, 5.74) is 0.0492. The van der Waals surface area contributed by atoms with Gasteiger partial charge in [0.2, 0.25) is 5.44 Å². The Balaban J connectivity index is 2.12. The van der Waals surface area contributed by atoms with E-state index < -0.39 is 15.5 Å². The Morgan fingerprint density at radius 1 is 1.23 bits per heavy atom. The minimum absolute atomic E-state index is 0.344. The number of aromatic nitrogens is 1. The predicted octanol–water partition coefficient (Wildman–Crippen LogP) is 3.29. The molecule has 0 saturated carbocycles. The molecule has 1 atom stereocenters. The number of rotatable bonds is 4. The van der Waals surface area contributed by atoms with Gasteiger partial charge in [0.15, 0.2) is 0 Å². The molecule has 0 bridgehead atoms. The van der Waals surface area contributed by atoms with E-state index in [0.717, 1.165) is 0 Å². The number of fused-ring (bicyclic) bond motifs is 1. The number of halogens is 1. The molecule has 1 unspecified atom stereocenters. The SMILES string of the molecule is O=S1(=O)C(CCCCl)Oc2ccccc2N1c1cccnc1. The third-order valence-electron chi connectivity index (χ3n) is 3.38. The van der Waals surface area contributed by atoms with Crippen LogP contribution in [0.5, 0.6) is 5.75 Å². The van der Waals surface area contributed by atoms with Gasteiger partial charge in [0.05, 0.1) is 17.6 Å². The van der Waals surface area contributed by atoms with E-state index in [-0.39, 0.29) is 0 Å². The molecule has 1 aliphatic rings. The number of hydrogen-bond acceptors (Lipinski definition) is 4. The fourth-order valence-electron chi connectivity index (χ4n) is 2.39. The van der Waals surface area contributed by atoms with Crippen molar-refractivity contribution in [2.75, 3.05) is 10.2 Å². The molecule has 0 radical (unpaired) electrons. The molecule has 7 heteroatoms. The number of nitrogens with zero attached hydrogens (tertiary/aromatic N) is 2. The summed E-state index contributed by atoms with van der Waals surface area (Å²) in [5.74, 6) is 0.935. The van der Waals surface area contributed by atoms with Crippen molar-refractivity contribution in [2.45, 2.75) is 18.3 Å². The van der Waals surface area contributed by atoms with Crippen molar-refractivity contribution < 1.29 is 13.2 Å². The first kappa shape index (κ1) is 15.1. The molecule has 22 heavy (non-hydrogen) atoms. The van der Waals surface area contributed by atoms with Crippen LogP contribution in [0.25, 0.3) is 0 Å². The van der Waals surface area contributed by atoms with E-state index in [1.807, 2.05) is 6.07 Å². The van der Waals surface area contributed by atoms with E-state index in [1.54, 1.807) is 36.5 Å². The highest BCUT2D eigenvalue weighted by molar-refractivity contribution is 7.93. The average molecular weight is 339 g/mol. The summed E-state index contributed by atoms with van der Waals surface area (Å²) >= 11 is 5.69. The number of pyridine rings is 1. The summed E-state index contributed by atoms with van der Waals surface area (Å²) in [7, 11) is -3.69. The van der Waals surface area contributed by atoms with Gasteiger partial charge in [0, 0.05) is 18.5 Å². The standard InChI is InChI=1S/C15H15ClN2O3S/c16-9-3-8-15-21-14-7-2-1-6-13(14)18(22(15,19)20)12-5-4-10-17-11-12/h1-2,4-7,10-11,15H,3,8-9H2. The molecular weight excluding hydrogens is 324 g/mol. The molecule has 0 fully saturated rings. The van der Waals surface area contributed by atoms with E-state index in [1.165, 1.54) is 10.5 Å². The van der Waals surface area contributed by atoms with Gasteiger partial charge in [-0.05, 0) is 30.7 Å². The molecular formula is C15H15ClN2O3S. The average Bonchev–Trinajstić information content (AvgIpc) is 2.53. The maximum absolute atomic E-state index is 12.9. The third-order valence-corrected chi connectivity index (χ3v) is 5.56. The lowest BCUT2D eigenvalue weighted by Gasteiger charge is -2.35. The monoisotopic (exact) mass is 338 g/mol. The van der Waals surface area contributed by atoms with Crippen LogP contribution in [0.1, 0.15) is 12.8 Å². The molecule has 0 aliphatic carbocycles. The van der Waals surface area contributed by atoms with Gasteiger partial charge < -0.3 is 4.74 Å². The van der Waals surface area contributed by atoms with Crippen LogP contribution in [0, 0.1) is 0 Å². The maximum atomic E-state index is 12.9. The number of alkyl halides is 1. The summed E-state index contributed by atoms with van der Waals surface area (Å²) in [6, 6.07) is 10.5. The lowest BCUT2D eigenvalue weighted by atomic mass is 10.2. The number of anilines is 2. The quantitative estimate of drug-likeness (QED) is 0.803. The zero-order chi connectivity index (χ0) is 15.6. The highest BCUT2D eigenvalue weighted by Gasteiger charge is 2.40. The van der Waals surface area contributed by atoms with Crippen LogP contribution >= 0.6 is 11.6 Å². The summed E-state index contributed by atoms with van der Waals surface area (Å²) in [6.45, 7) is 0. The molecule has 1 aromatic carbocycles. The molecule has 1 aliphatic heterocycles. The van der Waals surface area contributed by atoms with Crippen LogP contribution in [-0.2, 0) is 10.0 Å². The molecule has 0 amide bonds. The van der Waals surface area contributed by atoms with Gasteiger partial charge >= 0.3 is 0 Å². The minimum Gasteiger partial charge on any atom is -0.470 e. The fraction of sp³-hybridized carbons (Fsp3) is 0.267. The third kappa shape index (κ3) is 2.64. The molecule has 0 saturated heterocycles. The van der Waals surface area contributed by atoms with Crippen molar-refractivity contribution in [3.63, 3.8) is 0 Å². The molecule has 0 spiro atoms. The van der Waals surface area contributed by atoms with Crippen LogP contribution in [-0.4, -0.2) is 24.7 Å². The molecule has 3 rings (SSSR count). The molecule has 116 valence electrons. The van der Waals surface area contributed by atoms with Crippen LogP contribution in [0.4, 0.5) is 11.4 Å². The van der Waals surface area contributed by atoms with Crippen LogP contribution in [0.2, 0.25) is 0 Å². The summed E-state index contributed by atoms with van der Waals surface area (Å²) in [5, 5.41) is 0. The van der Waals surface area contributed by atoms with Gasteiger partial charge in [-0.1, -0.05) is 12.1 Å². The predicted molar refractivity (Wildman–Crippen MR) is 86.1 cm³/mol. The summed E-state index contributed by atoms with van der Waals surface area (Å²) in [6.07, 6.45) is 4.04. The van der Waals surface area contributed by atoms with Crippen LogP contribution in [0.3, 0.4) is 0 Å². The van der Waals surface area contributed by atoms with Gasteiger partial charge in [-0.25, -0.2) is 12.7 Å². The van der Waals surface area contributed by atoms with Gasteiger partial charge in [-0.3, -0.25) is 4.98 Å². The summed E-state index contributed by atoms with van der Waals surface area (Å²) < 4.78 is 32.8. The highest BCUT2D eigenvalue weighted by Crippen LogP contribution is 2.42. The largest absolute Gasteiger partial charge is 0.470 e. The lowest BCUT2D eigenvalue weighted by Crippen LogP contribution is -2.43. The van der Waals surface area contributed by atoms with E-state index in [4.69, 9.17) is 16.3 Å². The normalized spacial score (nSPS) is 19.3. The first-order valence-electron chi connectivity index (χ1n) is 6.90. The van der Waals surface area contributed by atoms with E-state index in [2.05, 4.69) is 4.98 Å². The second kappa shape index (κ2) is 6.14. The molecule has 0 N–H and O–H groups in total. The van der Waals surface area contributed by atoms with Crippen molar-refractivity contribution in [3.05, 3.63) is 48.8 Å². The Bertz CT molecular complexity index is 752. The van der Waals surface area contributed by atoms with Gasteiger partial charge in [0.1, 0.15) is 5.75 Å². The Labute approximate surface area is 134 Å². The van der Waals surface area contributed by atoms with E-state index in [0.29, 0.717) is 35.8 Å². The van der Waals surface area contributed by atoms with Crippen molar-refractivity contribution in [1.82, 2.24) is 4.98 Å². The second-order valence-corrected chi connectivity index (χ2v) is 7.17. The molecule has 2 heterocycles. The number of para-hydroxylation sites is 2. The number of benzene rings is 1. The molecule has 5 nitrogen and oxygen atoms in total. The number of ether oxygens (including phenoxy) is 1. The van der Waals surface area contributed by atoms with Crippen molar-refractivity contribution >= 4 is 33.0 Å². The zero-order valence-corrected chi connectivity index (χ0v) is 13.3. The first-order chi connectivity index (χ1) is 10.6. The maximum Gasteiger partial charge on any atom is 0.278 e. The second-order valence-electron chi connectivity index (χ2n) is 4.87. The van der Waals surface area contributed by atoms with Crippen molar-refractivity contribution in [1.29, 1.82) is 0 Å². The number of sulfonamides is 1. The summed E-state index contributed by atoms with van der Waals surface area (Å²) in [4.78, 5) is 4.02. The molecule has 1 aromatic heterocycles. The Morgan fingerprint density at radius 2 is 2.05 bits per heavy atom. The van der Waals surface area contributed by atoms with Crippen LogP contribution in [0.15, 0.2) is 48.8 Å². The lowest BCUT2D eigenvalue weighted by molar-refractivity contribution is 0.257.